The Hall–Kier alpha value is -1.43. The highest BCUT2D eigenvalue weighted by Gasteiger charge is 2.31. The first kappa shape index (κ1) is 14.5. The number of hydrogen-bond donors (Lipinski definition) is 2. The van der Waals surface area contributed by atoms with Crippen molar-refractivity contribution in [1.82, 2.24) is 10.2 Å². The van der Waals surface area contributed by atoms with Gasteiger partial charge in [-0.15, -0.1) is 0 Å². The summed E-state index contributed by atoms with van der Waals surface area (Å²) in [5, 5.41) is 12.5. The standard InChI is InChI=1S/C16H22N2O3/c19-16(20)13-9-15(17-10-13)14-4-2-1-3-12(14)11-18-5-7-21-8-6-18/h1-4,13,15,17H,5-11H2,(H,19,20). The third-order valence-electron chi connectivity index (χ3n) is 4.41. The van der Waals surface area contributed by atoms with E-state index in [1.54, 1.807) is 0 Å². The fourth-order valence-corrected chi connectivity index (χ4v) is 3.18. The summed E-state index contributed by atoms with van der Waals surface area (Å²) in [7, 11) is 0. The fraction of sp³-hybridized carbons (Fsp3) is 0.562. The number of benzene rings is 1. The summed E-state index contributed by atoms with van der Waals surface area (Å²) in [6.45, 7) is 4.99. The molecule has 0 saturated carbocycles. The van der Waals surface area contributed by atoms with Gasteiger partial charge < -0.3 is 15.2 Å². The Morgan fingerprint density at radius 3 is 2.81 bits per heavy atom. The number of morpholine rings is 1. The molecule has 0 bridgehead atoms. The second-order valence-electron chi connectivity index (χ2n) is 5.82. The SMILES string of the molecule is O=C(O)C1CNC(c2ccccc2CN2CCOCC2)C1. The number of hydrogen-bond acceptors (Lipinski definition) is 4. The van der Waals surface area contributed by atoms with Crippen LogP contribution >= 0.6 is 0 Å². The van der Waals surface area contributed by atoms with Crippen LogP contribution < -0.4 is 5.32 Å². The molecule has 21 heavy (non-hydrogen) atoms. The van der Waals surface area contributed by atoms with Crippen LogP contribution in [0.3, 0.4) is 0 Å². The van der Waals surface area contributed by atoms with Crippen LogP contribution in [0.4, 0.5) is 0 Å². The third kappa shape index (κ3) is 3.43. The fourth-order valence-electron chi connectivity index (χ4n) is 3.18. The number of aliphatic carboxylic acids is 1. The second-order valence-corrected chi connectivity index (χ2v) is 5.82. The normalized spacial score (nSPS) is 26.9. The van der Waals surface area contributed by atoms with Crippen LogP contribution in [0.25, 0.3) is 0 Å². The Bertz CT molecular complexity index is 500. The van der Waals surface area contributed by atoms with Crippen molar-refractivity contribution in [3.63, 3.8) is 0 Å². The lowest BCUT2D eigenvalue weighted by Gasteiger charge is -2.28. The molecule has 2 heterocycles. The number of nitrogens with one attached hydrogen (secondary N) is 1. The van der Waals surface area contributed by atoms with E-state index in [4.69, 9.17) is 9.84 Å². The molecule has 3 rings (SSSR count). The first-order valence-corrected chi connectivity index (χ1v) is 7.58. The van der Waals surface area contributed by atoms with Crippen LogP contribution in [0.2, 0.25) is 0 Å². The van der Waals surface area contributed by atoms with Crippen LogP contribution in [-0.2, 0) is 16.1 Å². The van der Waals surface area contributed by atoms with Gasteiger partial charge in [0, 0.05) is 32.2 Å². The highest BCUT2D eigenvalue weighted by atomic mass is 16.5. The molecule has 0 amide bonds. The molecular formula is C16H22N2O3. The molecule has 2 aliphatic heterocycles. The first-order chi connectivity index (χ1) is 10.2. The van der Waals surface area contributed by atoms with E-state index in [0.29, 0.717) is 13.0 Å². The van der Waals surface area contributed by atoms with Crippen molar-refractivity contribution in [2.75, 3.05) is 32.8 Å². The average molecular weight is 290 g/mol. The minimum Gasteiger partial charge on any atom is -0.481 e. The van der Waals surface area contributed by atoms with E-state index in [0.717, 1.165) is 32.8 Å². The zero-order valence-electron chi connectivity index (χ0n) is 12.1. The summed E-state index contributed by atoms with van der Waals surface area (Å²) >= 11 is 0. The Morgan fingerprint density at radius 2 is 2.10 bits per heavy atom. The first-order valence-electron chi connectivity index (χ1n) is 7.58. The number of carboxylic acids is 1. The molecule has 114 valence electrons. The van der Waals surface area contributed by atoms with E-state index in [2.05, 4.69) is 28.4 Å². The second kappa shape index (κ2) is 6.56. The third-order valence-corrected chi connectivity index (χ3v) is 4.41. The topological polar surface area (TPSA) is 61.8 Å². The summed E-state index contributed by atoms with van der Waals surface area (Å²) in [6, 6.07) is 8.53. The van der Waals surface area contributed by atoms with Crippen LogP contribution in [0.5, 0.6) is 0 Å². The number of carboxylic acid groups (broad SMARTS) is 1. The van der Waals surface area contributed by atoms with Crippen molar-refractivity contribution in [3.8, 4) is 0 Å². The molecule has 2 unspecified atom stereocenters. The molecule has 1 aromatic rings. The maximum Gasteiger partial charge on any atom is 0.307 e. The van der Waals surface area contributed by atoms with E-state index >= 15 is 0 Å². The summed E-state index contributed by atoms with van der Waals surface area (Å²) in [4.78, 5) is 13.5. The van der Waals surface area contributed by atoms with Crippen molar-refractivity contribution in [3.05, 3.63) is 35.4 Å². The predicted octanol–water partition coefficient (Wildman–Crippen LogP) is 1.25. The molecule has 2 fully saturated rings. The maximum atomic E-state index is 11.1. The van der Waals surface area contributed by atoms with Crippen LogP contribution in [-0.4, -0.2) is 48.8 Å². The Kier molecular flexibility index (Phi) is 4.53. The lowest BCUT2D eigenvalue weighted by Crippen LogP contribution is -2.36. The van der Waals surface area contributed by atoms with Gasteiger partial charge in [0.2, 0.25) is 0 Å². The molecule has 0 aliphatic carbocycles. The van der Waals surface area contributed by atoms with Crippen molar-refractivity contribution in [2.45, 2.75) is 19.0 Å². The lowest BCUT2D eigenvalue weighted by molar-refractivity contribution is -0.141. The molecule has 5 nitrogen and oxygen atoms in total. The van der Waals surface area contributed by atoms with Crippen LogP contribution in [0.15, 0.2) is 24.3 Å². The zero-order valence-corrected chi connectivity index (χ0v) is 12.1. The van der Waals surface area contributed by atoms with Gasteiger partial charge in [0.1, 0.15) is 0 Å². The largest absolute Gasteiger partial charge is 0.481 e. The Balaban J connectivity index is 1.72. The van der Waals surface area contributed by atoms with Gasteiger partial charge in [0.15, 0.2) is 0 Å². The number of nitrogens with zero attached hydrogens (tertiary/aromatic N) is 1. The summed E-state index contributed by atoms with van der Waals surface area (Å²) < 4.78 is 5.39. The molecule has 2 aliphatic rings. The van der Waals surface area contributed by atoms with E-state index in [1.807, 2.05) is 6.07 Å². The maximum absolute atomic E-state index is 11.1. The van der Waals surface area contributed by atoms with Gasteiger partial charge in [0.05, 0.1) is 19.1 Å². The van der Waals surface area contributed by atoms with E-state index < -0.39 is 5.97 Å². The molecule has 1 aromatic carbocycles. The van der Waals surface area contributed by atoms with Crippen molar-refractivity contribution in [2.24, 2.45) is 5.92 Å². The molecule has 0 aromatic heterocycles. The van der Waals surface area contributed by atoms with Crippen molar-refractivity contribution in [1.29, 1.82) is 0 Å². The molecule has 0 radical (unpaired) electrons. The molecule has 5 heteroatoms. The van der Waals surface area contributed by atoms with Gasteiger partial charge in [-0.25, -0.2) is 0 Å². The van der Waals surface area contributed by atoms with E-state index in [9.17, 15) is 4.79 Å². The van der Waals surface area contributed by atoms with Crippen molar-refractivity contribution >= 4 is 5.97 Å². The molecule has 0 spiro atoms. The Labute approximate surface area is 124 Å². The van der Waals surface area contributed by atoms with Gasteiger partial charge >= 0.3 is 5.97 Å². The highest BCUT2D eigenvalue weighted by Crippen LogP contribution is 2.30. The quantitative estimate of drug-likeness (QED) is 0.874. The van der Waals surface area contributed by atoms with Gasteiger partial charge in [-0.2, -0.15) is 0 Å². The Morgan fingerprint density at radius 1 is 1.33 bits per heavy atom. The zero-order chi connectivity index (χ0) is 14.7. The molecule has 2 saturated heterocycles. The number of carbonyl (C=O) groups is 1. The lowest BCUT2D eigenvalue weighted by atomic mass is 9.95. The van der Waals surface area contributed by atoms with E-state index in [1.165, 1.54) is 11.1 Å². The monoisotopic (exact) mass is 290 g/mol. The number of rotatable bonds is 4. The van der Waals surface area contributed by atoms with E-state index in [-0.39, 0.29) is 12.0 Å². The van der Waals surface area contributed by atoms with Crippen molar-refractivity contribution < 1.29 is 14.6 Å². The molecular weight excluding hydrogens is 268 g/mol. The minimum absolute atomic E-state index is 0.156. The number of ether oxygens (including phenoxy) is 1. The molecule has 2 N–H and O–H groups in total. The van der Waals surface area contributed by atoms with Gasteiger partial charge in [-0.05, 0) is 17.5 Å². The van der Waals surface area contributed by atoms with Gasteiger partial charge in [0.25, 0.3) is 0 Å². The average Bonchev–Trinajstić information content (AvgIpc) is 2.99. The summed E-state index contributed by atoms with van der Waals surface area (Å²) in [5.41, 5.74) is 2.54. The van der Waals surface area contributed by atoms with Crippen LogP contribution in [0, 0.1) is 5.92 Å². The summed E-state index contributed by atoms with van der Waals surface area (Å²) in [6.07, 6.45) is 0.676. The molecule has 2 atom stereocenters. The van der Waals surface area contributed by atoms with Crippen LogP contribution in [0.1, 0.15) is 23.6 Å². The smallest absolute Gasteiger partial charge is 0.307 e. The predicted molar refractivity (Wildman–Crippen MR) is 79.0 cm³/mol. The highest BCUT2D eigenvalue weighted by molar-refractivity contribution is 5.70. The summed E-state index contributed by atoms with van der Waals surface area (Å²) in [5.74, 6) is -0.970. The minimum atomic E-state index is -0.698. The van der Waals surface area contributed by atoms with Gasteiger partial charge in [-0.3, -0.25) is 9.69 Å². The van der Waals surface area contributed by atoms with Gasteiger partial charge in [-0.1, -0.05) is 24.3 Å².